The van der Waals surface area contributed by atoms with E-state index < -0.39 is 0 Å². The predicted octanol–water partition coefficient (Wildman–Crippen LogP) is 2.27. The summed E-state index contributed by atoms with van der Waals surface area (Å²) in [5.41, 5.74) is 3.02. The molecule has 0 radical (unpaired) electrons. The number of tetrazole rings is 1. The molecule has 1 aromatic carbocycles. The van der Waals surface area contributed by atoms with Gasteiger partial charge in [0.15, 0.2) is 11.5 Å². The van der Waals surface area contributed by atoms with E-state index in [4.69, 9.17) is 6.57 Å². The highest BCUT2D eigenvalue weighted by molar-refractivity contribution is 5.68. The van der Waals surface area contributed by atoms with Crippen LogP contribution < -0.4 is 5.56 Å². The molecule has 0 unspecified atom stereocenters. The van der Waals surface area contributed by atoms with Crippen LogP contribution in [0, 0.1) is 13.5 Å². The van der Waals surface area contributed by atoms with Gasteiger partial charge < -0.3 is 0 Å². The number of hydrogen-bond acceptors (Lipinski definition) is 5. The molecule has 0 saturated heterocycles. The van der Waals surface area contributed by atoms with Gasteiger partial charge in [-0.25, -0.2) is 14.5 Å². The van der Waals surface area contributed by atoms with E-state index in [1.54, 1.807) is 42.6 Å². The van der Waals surface area contributed by atoms with Gasteiger partial charge in [0.2, 0.25) is 5.82 Å². The van der Waals surface area contributed by atoms with Crippen LogP contribution in [0.15, 0.2) is 47.4 Å². The van der Waals surface area contributed by atoms with Crippen molar-refractivity contribution in [1.29, 1.82) is 0 Å². The van der Waals surface area contributed by atoms with E-state index in [1.807, 2.05) is 6.92 Å². The topological polar surface area (TPSA) is 110 Å². The van der Waals surface area contributed by atoms with Crippen LogP contribution in [-0.2, 0) is 0 Å². The van der Waals surface area contributed by atoms with Crippen molar-refractivity contribution in [2.24, 2.45) is 0 Å². The Kier molecular flexibility index (Phi) is 3.63. The second kappa shape index (κ2) is 6.10. The van der Waals surface area contributed by atoms with Gasteiger partial charge in [0.05, 0.1) is 12.1 Å². The molecule has 3 aromatic heterocycles. The van der Waals surface area contributed by atoms with Crippen LogP contribution in [0.5, 0.6) is 0 Å². The van der Waals surface area contributed by atoms with Crippen LogP contribution >= 0.6 is 0 Å². The minimum Gasteiger partial charge on any atom is -0.293 e. The molecule has 26 heavy (non-hydrogen) atoms. The maximum Gasteiger partial charge on any atom is 0.280 e. The summed E-state index contributed by atoms with van der Waals surface area (Å²) in [4.78, 5) is 20.5. The number of rotatable bonds is 3. The van der Waals surface area contributed by atoms with E-state index in [2.05, 4.69) is 35.6 Å². The highest BCUT2D eigenvalue weighted by Crippen LogP contribution is 2.23. The molecule has 9 heteroatoms. The predicted molar refractivity (Wildman–Crippen MR) is 93.8 cm³/mol. The average Bonchev–Trinajstić information content (AvgIpc) is 3.31. The third-order valence-electron chi connectivity index (χ3n) is 3.94. The molecule has 4 rings (SSSR count). The number of aromatic nitrogens is 7. The summed E-state index contributed by atoms with van der Waals surface area (Å²) in [5.74, 6) is 0.883. The van der Waals surface area contributed by atoms with Crippen LogP contribution in [0.3, 0.4) is 0 Å². The van der Waals surface area contributed by atoms with Crippen molar-refractivity contribution in [3.63, 3.8) is 0 Å². The Morgan fingerprint density at radius 2 is 1.88 bits per heavy atom. The van der Waals surface area contributed by atoms with Gasteiger partial charge >= 0.3 is 0 Å². The third-order valence-corrected chi connectivity index (χ3v) is 3.94. The van der Waals surface area contributed by atoms with Crippen LogP contribution in [0.2, 0.25) is 0 Å². The van der Waals surface area contributed by atoms with Crippen LogP contribution in [0.25, 0.3) is 33.2 Å². The van der Waals surface area contributed by atoms with Gasteiger partial charge in [0.25, 0.3) is 5.56 Å². The number of H-pyrrole nitrogens is 2. The van der Waals surface area contributed by atoms with Crippen LogP contribution in [0.1, 0.15) is 5.69 Å². The number of benzene rings is 1. The standard InChI is InChI=1S/C17H12N8O/c1-10-15(11-3-6-13(18-2)7-4-11)17(26)25(22-10)14-8-5-12(9-19-14)16-20-23-24-21-16/h3-9,22H,1H3,(H,20,21,23,24). The molecule has 9 nitrogen and oxygen atoms in total. The molecule has 0 amide bonds. The number of aromatic amines is 2. The minimum atomic E-state index is -0.210. The van der Waals surface area contributed by atoms with Crippen LogP contribution in [-0.4, -0.2) is 35.4 Å². The zero-order valence-electron chi connectivity index (χ0n) is 13.6. The molecule has 3 heterocycles. The largest absolute Gasteiger partial charge is 0.293 e. The molecule has 4 aromatic rings. The number of nitrogens with one attached hydrogen (secondary N) is 2. The molecule has 0 fully saturated rings. The quantitative estimate of drug-likeness (QED) is 0.554. The Morgan fingerprint density at radius 1 is 1.12 bits per heavy atom. The second-order valence-electron chi connectivity index (χ2n) is 5.55. The Labute approximate surface area is 147 Å². The first-order valence-electron chi connectivity index (χ1n) is 7.67. The number of pyridine rings is 1. The van der Waals surface area contributed by atoms with E-state index in [-0.39, 0.29) is 5.56 Å². The second-order valence-corrected chi connectivity index (χ2v) is 5.55. The van der Waals surface area contributed by atoms with Crippen LogP contribution in [0.4, 0.5) is 5.69 Å². The molecule has 126 valence electrons. The molecule has 0 aliphatic carbocycles. The van der Waals surface area contributed by atoms with Crippen molar-refractivity contribution < 1.29 is 0 Å². The normalized spacial score (nSPS) is 10.6. The van der Waals surface area contributed by atoms with Crippen molar-refractivity contribution >= 4 is 5.69 Å². The Morgan fingerprint density at radius 3 is 2.50 bits per heavy atom. The van der Waals surface area contributed by atoms with Gasteiger partial charge in [-0.1, -0.05) is 24.3 Å². The highest BCUT2D eigenvalue weighted by Gasteiger charge is 2.15. The van der Waals surface area contributed by atoms with Gasteiger partial charge in [-0.15, -0.1) is 10.2 Å². The molecule has 0 bridgehead atoms. The van der Waals surface area contributed by atoms with Gasteiger partial charge in [-0.2, -0.15) is 5.21 Å². The summed E-state index contributed by atoms with van der Waals surface area (Å²) < 4.78 is 1.38. The molecular weight excluding hydrogens is 332 g/mol. The first-order chi connectivity index (χ1) is 12.7. The van der Waals surface area contributed by atoms with E-state index in [0.29, 0.717) is 28.5 Å². The number of aryl methyl sites for hydroxylation is 1. The van der Waals surface area contributed by atoms with Gasteiger partial charge in [-0.05, 0) is 29.8 Å². The lowest BCUT2D eigenvalue weighted by molar-refractivity contribution is 0.807. The summed E-state index contributed by atoms with van der Waals surface area (Å²) in [5, 5.41) is 16.7. The summed E-state index contributed by atoms with van der Waals surface area (Å²) in [6.45, 7) is 8.84. The fraction of sp³-hybridized carbons (Fsp3) is 0.0588. The fourth-order valence-corrected chi connectivity index (χ4v) is 2.69. The lowest BCUT2D eigenvalue weighted by Crippen LogP contribution is -2.16. The zero-order valence-corrected chi connectivity index (χ0v) is 13.6. The molecule has 0 aliphatic heterocycles. The van der Waals surface area contributed by atoms with E-state index >= 15 is 0 Å². The molecule has 0 spiro atoms. The third kappa shape index (κ3) is 2.55. The van der Waals surface area contributed by atoms with E-state index in [0.717, 1.165) is 11.3 Å². The smallest absolute Gasteiger partial charge is 0.280 e. The van der Waals surface area contributed by atoms with Crippen molar-refractivity contribution in [3.05, 3.63) is 70.1 Å². The zero-order chi connectivity index (χ0) is 18.1. The Hall–Kier alpha value is -4.06. The van der Waals surface area contributed by atoms with E-state index in [1.165, 1.54) is 4.68 Å². The molecule has 0 atom stereocenters. The van der Waals surface area contributed by atoms with Crippen molar-refractivity contribution in [1.82, 2.24) is 35.4 Å². The summed E-state index contributed by atoms with van der Waals surface area (Å²) in [6.07, 6.45) is 1.58. The first-order valence-corrected chi connectivity index (χ1v) is 7.67. The molecule has 2 N–H and O–H groups in total. The van der Waals surface area contributed by atoms with Crippen molar-refractivity contribution in [2.75, 3.05) is 0 Å². The molecule has 0 aliphatic rings. The minimum absolute atomic E-state index is 0.210. The highest BCUT2D eigenvalue weighted by atomic mass is 16.1. The Bertz CT molecular complexity index is 1150. The first kappa shape index (κ1) is 15.5. The summed E-state index contributed by atoms with van der Waals surface area (Å²) in [6, 6.07) is 10.4. The van der Waals surface area contributed by atoms with E-state index in [9.17, 15) is 4.79 Å². The SMILES string of the molecule is [C-]#[N+]c1ccc(-c2c(C)[nH]n(-c3ccc(-c4nn[nH]n4)cn3)c2=O)cc1. The van der Waals surface area contributed by atoms with Crippen molar-refractivity contribution in [3.8, 4) is 28.3 Å². The number of nitrogens with zero attached hydrogens (tertiary/aromatic N) is 6. The number of hydrogen-bond donors (Lipinski definition) is 2. The average molecular weight is 344 g/mol. The maximum absolute atomic E-state index is 12.9. The molecule has 0 saturated carbocycles. The molecular formula is C17H12N8O. The lowest BCUT2D eigenvalue weighted by atomic mass is 10.1. The lowest BCUT2D eigenvalue weighted by Gasteiger charge is -2.01. The van der Waals surface area contributed by atoms with Gasteiger partial charge in [0, 0.05) is 17.5 Å². The fourth-order valence-electron chi connectivity index (χ4n) is 2.69. The van der Waals surface area contributed by atoms with Gasteiger partial charge in [-0.3, -0.25) is 9.89 Å². The maximum atomic E-state index is 12.9. The summed E-state index contributed by atoms with van der Waals surface area (Å²) >= 11 is 0. The Balaban J connectivity index is 1.74. The monoisotopic (exact) mass is 344 g/mol. The van der Waals surface area contributed by atoms with Crippen molar-refractivity contribution in [2.45, 2.75) is 6.92 Å². The van der Waals surface area contributed by atoms with Gasteiger partial charge in [0.1, 0.15) is 0 Å². The summed E-state index contributed by atoms with van der Waals surface area (Å²) in [7, 11) is 0.